The molecule has 0 bridgehead atoms. The summed E-state index contributed by atoms with van der Waals surface area (Å²) in [4.78, 5) is 53.9. The van der Waals surface area contributed by atoms with Crippen molar-refractivity contribution in [2.24, 2.45) is 0 Å². The van der Waals surface area contributed by atoms with Crippen LogP contribution in [0.15, 0.2) is 24.3 Å². The second kappa shape index (κ2) is 8.86. The highest BCUT2D eigenvalue weighted by molar-refractivity contribution is 6.20. The number of benzene rings is 1. The van der Waals surface area contributed by atoms with Gasteiger partial charge in [-0.25, -0.2) is 9.59 Å². The standard InChI is InChI=1S/C20H26N2O6/c1-5-6-9-13(21-19(26)27-20(2,3)4)12-16(23)28-22-17(24)14-10-7-8-11-15(14)18(22)25/h7-8,10-11,13H,5-6,9,12H2,1-4H3,(H,21,26)/t13-/m0/s1. The highest BCUT2D eigenvalue weighted by Gasteiger charge is 2.38. The molecule has 28 heavy (non-hydrogen) atoms. The first-order valence-corrected chi connectivity index (χ1v) is 9.30. The van der Waals surface area contributed by atoms with E-state index in [1.165, 1.54) is 12.1 Å². The molecule has 0 aliphatic carbocycles. The molecule has 1 aromatic rings. The normalized spacial score (nSPS) is 14.5. The van der Waals surface area contributed by atoms with Crippen LogP contribution in [0, 0.1) is 0 Å². The summed E-state index contributed by atoms with van der Waals surface area (Å²) < 4.78 is 5.22. The minimum atomic E-state index is -0.785. The van der Waals surface area contributed by atoms with Crippen molar-refractivity contribution in [3.8, 4) is 0 Å². The van der Waals surface area contributed by atoms with Gasteiger partial charge in [0.15, 0.2) is 0 Å². The molecule has 1 aromatic carbocycles. The molecule has 0 saturated heterocycles. The van der Waals surface area contributed by atoms with E-state index < -0.39 is 35.5 Å². The number of rotatable bonds is 7. The number of hydroxylamine groups is 2. The van der Waals surface area contributed by atoms with Crippen LogP contribution in [-0.2, 0) is 14.4 Å². The predicted molar refractivity (Wildman–Crippen MR) is 100 cm³/mol. The van der Waals surface area contributed by atoms with Gasteiger partial charge in [-0.05, 0) is 39.3 Å². The maximum atomic E-state index is 12.3. The van der Waals surface area contributed by atoms with E-state index in [1.54, 1.807) is 32.9 Å². The van der Waals surface area contributed by atoms with E-state index >= 15 is 0 Å². The molecule has 0 fully saturated rings. The Bertz CT molecular complexity index is 733. The number of nitrogens with one attached hydrogen (secondary N) is 1. The highest BCUT2D eigenvalue weighted by Crippen LogP contribution is 2.23. The van der Waals surface area contributed by atoms with Crippen LogP contribution in [0.4, 0.5) is 4.79 Å². The summed E-state index contributed by atoms with van der Waals surface area (Å²) >= 11 is 0. The number of fused-ring (bicyclic) bond motifs is 1. The van der Waals surface area contributed by atoms with Gasteiger partial charge in [0, 0.05) is 6.04 Å². The molecule has 0 unspecified atom stereocenters. The lowest BCUT2D eigenvalue weighted by Crippen LogP contribution is -2.41. The van der Waals surface area contributed by atoms with Crippen molar-refractivity contribution in [2.75, 3.05) is 0 Å². The third-order valence-electron chi connectivity index (χ3n) is 3.99. The largest absolute Gasteiger partial charge is 0.444 e. The van der Waals surface area contributed by atoms with E-state index in [9.17, 15) is 19.2 Å². The van der Waals surface area contributed by atoms with Crippen LogP contribution in [0.1, 0.15) is 74.1 Å². The first kappa shape index (κ1) is 21.4. The zero-order valence-corrected chi connectivity index (χ0v) is 16.6. The highest BCUT2D eigenvalue weighted by atomic mass is 16.7. The van der Waals surface area contributed by atoms with Gasteiger partial charge >= 0.3 is 12.1 Å². The minimum Gasteiger partial charge on any atom is -0.444 e. The van der Waals surface area contributed by atoms with E-state index in [1.807, 2.05) is 6.92 Å². The molecule has 0 saturated carbocycles. The Labute approximate surface area is 164 Å². The summed E-state index contributed by atoms with van der Waals surface area (Å²) in [6.07, 6.45) is 1.36. The molecule has 1 N–H and O–H groups in total. The fourth-order valence-electron chi connectivity index (χ4n) is 2.74. The number of hydrogen-bond acceptors (Lipinski definition) is 6. The van der Waals surface area contributed by atoms with Gasteiger partial charge in [-0.15, -0.1) is 0 Å². The quantitative estimate of drug-likeness (QED) is 0.717. The van der Waals surface area contributed by atoms with Crippen LogP contribution in [0.2, 0.25) is 0 Å². The summed E-state index contributed by atoms with van der Waals surface area (Å²) in [6.45, 7) is 7.21. The SMILES string of the molecule is CCCC[C@@H](CC(=O)ON1C(=O)c2ccccc2C1=O)NC(=O)OC(C)(C)C. The van der Waals surface area contributed by atoms with Crippen LogP contribution < -0.4 is 5.32 Å². The summed E-state index contributed by atoms with van der Waals surface area (Å²) in [6, 6.07) is 5.72. The van der Waals surface area contributed by atoms with Crippen molar-refractivity contribution < 1.29 is 28.8 Å². The Morgan fingerprint density at radius 1 is 1.11 bits per heavy atom. The molecular weight excluding hydrogens is 364 g/mol. The van der Waals surface area contributed by atoms with Crippen LogP contribution in [-0.4, -0.2) is 40.6 Å². The van der Waals surface area contributed by atoms with Crippen LogP contribution in [0.3, 0.4) is 0 Å². The molecular formula is C20H26N2O6. The Balaban J connectivity index is 1.99. The molecule has 2 rings (SSSR count). The molecule has 8 heteroatoms. The van der Waals surface area contributed by atoms with Crippen LogP contribution in [0.5, 0.6) is 0 Å². The molecule has 1 aliphatic rings. The molecule has 3 amide bonds. The average Bonchev–Trinajstić information content (AvgIpc) is 2.83. The molecule has 0 aromatic heterocycles. The molecule has 0 spiro atoms. The first-order valence-electron chi connectivity index (χ1n) is 9.30. The molecule has 152 valence electrons. The lowest BCUT2D eigenvalue weighted by atomic mass is 10.1. The Morgan fingerprint density at radius 2 is 1.68 bits per heavy atom. The zero-order valence-electron chi connectivity index (χ0n) is 16.6. The van der Waals surface area contributed by atoms with Crippen molar-refractivity contribution in [2.45, 2.75) is 65.0 Å². The zero-order chi connectivity index (χ0) is 20.9. The molecule has 0 radical (unpaired) electrons. The van der Waals surface area contributed by atoms with Gasteiger partial charge in [0.25, 0.3) is 11.8 Å². The second-order valence-corrected chi connectivity index (χ2v) is 7.60. The topological polar surface area (TPSA) is 102 Å². The maximum Gasteiger partial charge on any atom is 0.407 e. The van der Waals surface area contributed by atoms with Crippen molar-refractivity contribution in [1.82, 2.24) is 10.4 Å². The number of unbranched alkanes of at least 4 members (excludes halogenated alkanes) is 1. The Morgan fingerprint density at radius 3 is 2.18 bits per heavy atom. The van der Waals surface area contributed by atoms with Gasteiger partial charge < -0.3 is 14.9 Å². The molecule has 1 atom stereocenters. The van der Waals surface area contributed by atoms with Gasteiger partial charge in [-0.2, -0.15) is 0 Å². The number of alkyl carbamates (subject to hydrolysis) is 1. The summed E-state index contributed by atoms with van der Waals surface area (Å²) in [5.41, 5.74) is -0.288. The lowest BCUT2D eigenvalue weighted by molar-refractivity contribution is -0.169. The summed E-state index contributed by atoms with van der Waals surface area (Å²) in [7, 11) is 0. The number of amides is 3. The van der Waals surface area contributed by atoms with E-state index in [4.69, 9.17) is 9.57 Å². The van der Waals surface area contributed by atoms with Crippen molar-refractivity contribution >= 4 is 23.9 Å². The van der Waals surface area contributed by atoms with E-state index in [-0.39, 0.29) is 17.5 Å². The van der Waals surface area contributed by atoms with Crippen molar-refractivity contribution in [3.63, 3.8) is 0 Å². The first-order chi connectivity index (χ1) is 13.1. The monoisotopic (exact) mass is 390 g/mol. The van der Waals surface area contributed by atoms with Gasteiger partial charge in [-0.1, -0.05) is 37.0 Å². The molecule has 1 aliphatic heterocycles. The van der Waals surface area contributed by atoms with Crippen LogP contribution in [0.25, 0.3) is 0 Å². The minimum absolute atomic E-state index is 0.188. The third-order valence-corrected chi connectivity index (χ3v) is 3.99. The predicted octanol–water partition coefficient (Wildman–Crippen LogP) is 3.21. The Kier molecular flexibility index (Phi) is 6.77. The van der Waals surface area contributed by atoms with Gasteiger partial charge in [0.05, 0.1) is 17.5 Å². The van der Waals surface area contributed by atoms with Gasteiger partial charge in [0.1, 0.15) is 5.60 Å². The third kappa shape index (κ3) is 5.55. The fourth-order valence-corrected chi connectivity index (χ4v) is 2.74. The fraction of sp³-hybridized carbons (Fsp3) is 0.500. The smallest absolute Gasteiger partial charge is 0.407 e. The lowest BCUT2D eigenvalue weighted by Gasteiger charge is -2.23. The number of carbonyl (C=O) groups excluding carboxylic acids is 4. The van der Waals surface area contributed by atoms with Crippen LogP contribution >= 0.6 is 0 Å². The number of hydrogen-bond donors (Lipinski definition) is 1. The molecule has 8 nitrogen and oxygen atoms in total. The van der Waals surface area contributed by atoms with E-state index in [0.29, 0.717) is 11.5 Å². The number of ether oxygens (including phenoxy) is 1. The van der Waals surface area contributed by atoms with E-state index in [0.717, 1.165) is 12.8 Å². The number of nitrogens with zero attached hydrogens (tertiary/aromatic N) is 1. The summed E-state index contributed by atoms with van der Waals surface area (Å²) in [5, 5.41) is 3.12. The Hall–Kier alpha value is -2.90. The van der Waals surface area contributed by atoms with Crippen molar-refractivity contribution in [3.05, 3.63) is 35.4 Å². The second-order valence-electron chi connectivity index (χ2n) is 7.60. The average molecular weight is 390 g/mol. The van der Waals surface area contributed by atoms with Gasteiger partial charge in [-0.3, -0.25) is 9.59 Å². The van der Waals surface area contributed by atoms with Crippen molar-refractivity contribution in [1.29, 1.82) is 0 Å². The van der Waals surface area contributed by atoms with Gasteiger partial charge in [0.2, 0.25) is 0 Å². The van der Waals surface area contributed by atoms with E-state index in [2.05, 4.69) is 5.32 Å². The number of imide groups is 1. The maximum absolute atomic E-state index is 12.3. The molecule has 1 heterocycles. The number of carbonyl (C=O) groups is 4. The summed E-state index contributed by atoms with van der Waals surface area (Å²) in [5.74, 6) is -2.15.